The van der Waals surface area contributed by atoms with E-state index in [2.05, 4.69) is 43.1 Å². The maximum Gasteiger partial charge on any atom is 0.0436 e. The summed E-state index contributed by atoms with van der Waals surface area (Å²) in [6.45, 7) is 5.27. The van der Waals surface area contributed by atoms with Crippen LogP contribution in [-0.2, 0) is 6.42 Å². The van der Waals surface area contributed by atoms with Gasteiger partial charge in [0, 0.05) is 18.8 Å². The minimum atomic E-state index is 0. The normalized spacial score (nSPS) is 11.8. The first-order valence-electron chi connectivity index (χ1n) is 7.04. The predicted molar refractivity (Wildman–Crippen MR) is 94.9 cm³/mol. The lowest BCUT2D eigenvalue weighted by Gasteiger charge is -2.08. The first kappa shape index (κ1) is 21.7. The van der Waals surface area contributed by atoms with Gasteiger partial charge in [-0.05, 0) is 30.9 Å². The van der Waals surface area contributed by atoms with Crippen LogP contribution in [0.15, 0.2) is 29.3 Å². The number of benzene rings is 1. The summed E-state index contributed by atoms with van der Waals surface area (Å²) in [5.41, 5.74) is 8.70. The van der Waals surface area contributed by atoms with E-state index in [4.69, 9.17) is 5.73 Å². The van der Waals surface area contributed by atoms with Crippen LogP contribution in [0.2, 0.25) is 0 Å². The minimum Gasteiger partial charge on any atom is -0.323 e. The Morgan fingerprint density at radius 2 is 1.85 bits per heavy atom. The molecule has 1 rings (SSSR count). The van der Waals surface area contributed by atoms with E-state index < -0.39 is 0 Å². The molecular weight excluding hydrogens is 291 g/mol. The summed E-state index contributed by atoms with van der Waals surface area (Å²) >= 11 is 0. The fourth-order valence-electron chi connectivity index (χ4n) is 1.99. The van der Waals surface area contributed by atoms with Crippen LogP contribution in [0.1, 0.15) is 43.7 Å². The van der Waals surface area contributed by atoms with Gasteiger partial charge in [-0.1, -0.05) is 50.5 Å². The molecule has 0 aliphatic heterocycles. The van der Waals surface area contributed by atoms with Crippen molar-refractivity contribution in [3.05, 3.63) is 35.4 Å². The van der Waals surface area contributed by atoms with Gasteiger partial charge in [0.1, 0.15) is 0 Å². The van der Waals surface area contributed by atoms with Crippen molar-refractivity contribution >= 4 is 31.0 Å². The van der Waals surface area contributed by atoms with E-state index in [1.165, 1.54) is 36.8 Å². The Hall–Kier alpha value is -0.570. The zero-order valence-corrected chi connectivity index (χ0v) is 14.2. The lowest BCUT2D eigenvalue weighted by molar-refractivity contribution is 0.674. The average Bonchev–Trinajstić information content (AvgIpc) is 2.36. The van der Waals surface area contributed by atoms with Gasteiger partial charge in [0.2, 0.25) is 0 Å². The highest BCUT2D eigenvalue weighted by molar-refractivity contribution is 5.85. The number of rotatable bonds is 8. The number of unbranched alkanes of at least 4 members (excludes halogenated alkanes) is 3. The molecule has 0 radical (unpaired) electrons. The van der Waals surface area contributed by atoms with E-state index in [1.54, 1.807) is 0 Å². The Bertz CT molecular complexity index is 367. The molecule has 116 valence electrons. The van der Waals surface area contributed by atoms with Crippen molar-refractivity contribution in [3.8, 4) is 0 Å². The largest absolute Gasteiger partial charge is 0.323 e. The van der Waals surface area contributed by atoms with Gasteiger partial charge in [-0.15, -0.1) is 24.8 Å². The molecule has 0 aromatic heterocycles. The molecule has 2 nitrogen and oxygen atoms in total. The van der Waals surface area contributed by atoms with Crippen molar-refractivity contribution in [1.29, 1.82) is 0 Å². The summed E-state index contributed by atoms with van der Waals surface area (Å²) in [5, 5.41) is 0. The highest BCUT2D eigenvalue weighted by atomic mass is 35.5. The third-order valence-corrected chi connectivity index (χ3v) is 3.15. The van der Waals surface area contributed by atoms with Crippen molar-refractivity contribution < 1.29 is 0 Å². The number of nitrogens with two attached hydrogens (primary N) is 1. The molecule has 1 aromatic rings. The highest BCUT2D eigenvalue weighted by Crippen LogP contribution is 2.08. The molecule has 0 saturated carbocycles. The molecule has 0 spiro atoms. The van der Waals surface area contributed by atoms with Crippen molar-refractivity contribution in [2.24, 2.45) is 10.7 Å². The number of aliphatic imine (C=N–C) groups is 1. The maximum atomic E-state index is 6.07. The summed E-state index contributed by atoms with van der Waals surface area (Å²) < 4.78 is 0. The van der Waals surface area contributed by atoms with Crippen molar-refractivity contribution in [2.75, 3.05) is 6.54 Å². The van der Waals surface area contributed by atoms with E-state index in [-0.39, 0.29) is 30.9 Å². The number of aryl methyl sites for hydroxylation is 1. The molecule has 0 fully saturated rings. The van der Waals surface area contributed by atoms with E-state index in [0.717, 1.165) is 13.0 Å². The van der Waals surface area contributed by atoms with Crippen LogP contribution in [0.25, 0.3) is 0 Å². The molecule has 1 unspecified atom stereocenters. The standard InChI is InChI=1S/C16H26N2.2ClH/c1-3-4-5-8-11-18-13-16(17)12-15-10-7-6-9-14(15)2;;/h6-7,9-10,13,16H,3-5,8,11-12,17H2,1-2H3;2*1H. The molecule has 4 heteroatoms. The molecule has 0 amide bonds. The molecule has 0 heterocycles. The Labute approximate surface area is 136 Å². The second-order valence-corrected chi connectivity index (χ2v) is 4.91. The van der Waals surface area contributed by atoms with Crippen LogP contribution in [0, 0.1) is 6.92 Å². The van der Waals surface area contributed by atoms with Gasteiger partial charge in [-0.3, -0.25) is 4.99 Å². The molecular formula is C16H28Cl2N2. The Morgan fingerprint density at radius 3 is 2.50 bits per heavy atom. The third kappa shape index (κ3) is 9.35. The molecule has 0 aliphatic carbocycles. The zero-order valence-electron chi connectivity index (χ0n) is 12.5. The monoisotopic (exact) mass is 318 g/mol. The average molecular weight is 319 g/mol. The number of hydrogen-bond donors (Lipinski definition) is 1. The minimum absolute atomic E-state index is 0. The van der Waals surface area contributed by atoms with Crippen LogP contribution in [0.5, 0.6) is 0 Å². The molecule has 2 N–H and O–H groups in total. The van der Waals surface area contributed by atoms with Crippen molar-refractivity contribution in [3.63, 3.8) is 0 Å². The third-order valence-electron chi connectivity index (χ3n) is 3.15. The van der Waals surface area contributed by atoms with E-state index >= 15 is 0 Å². The fraction of sp³-hybridized carbons (Fsp3) is 0.562. The molecule has 1 aromatic carbocycles. The van der Waals surface area contributed by atoms with Gasteiger partial charge in [0.25, 0.3) is 0 Å². The predicted octanol–water partition coefficient (Wildman–Crippen LogP) is 4.36. The Kier molecular flexibility index (Phi) is 14.6. The molecule has 0 aliphatic rings. The lowest BCUT2D eigenvalue weighted by atomic mass is 10.0. The molecule has 1 atom stereocenters. The lowest BCUT2D eigenvalue weighted by Crippen LogP contribution is -2.24. The highest BCUT2D eigenvalue weighted by Gasteiger charge is 2.02. The Balaban J connectivity index is 0. The maximum absolute atomic E-state index is 6.07. The van der Waals surface area contributed by atoms with Crippen LogP contribution >= 0.6 is 24.8 Å². The van der Waals surface area contributed by atoms with Crippen LogP contribution in [0.4, 0.5) is 0 Å². The van der Waals surface area contributed by atoms with Gasteiger partial charge in [-0.2, -0.15) is 0 Å². The number of nitrogens with zero attached hydrogens (tertiary/aromatic N) is 1. The van der Waals surface area contributed by atoms with Crippen molar-refractivity contribution in [1.82, 2.24) is 0 Å². The molecule has 0 saturated heterocycles. The van der Waals surface area contributed by atoms with Gasteiger partial charge < -0.3 is 5.73 Å². The topological polar surface area (TPSA) is 38.4 Å². The van der Waals surface area contributed by atoms with Gasteiger partial charge in [-0.25, -0.2) is 0 Å². The van der Waals surface area contributed by atoms with Crippen LogP contribution in [0.3, 0.4) is 0 Å². The molecule has 20 heavy (non-hydrogen) atoms. The van der Waals surface area contributed by atoms with Crippen LogP contribution in [-0.4, -0.2) is 18.8 Å². The second-order valence-electron chi connectivity index (χ2n) is 4.91. The SMILES string of the molecule is CCCCCCN=CC(N)Cc1ccccc1C.Cl.Cl. The first-order valence-corrected chi connectivity index (χ1v) is 7.04. The van der Waals surface area contributed by atoms with Gasteiger partial charge in [0.05, 0.1) is 0 Å². The summed E-state index contributed by atoms with van der Waals surface area (Å²) in [5.74, 6) is 0. The van der Waals surface area contributed by atoms with E-state index in [9.17, 15) is 0 Å². The summed E-state index contributed by atoms with van der Waals surface area (Å²) in [4.78, 5) is 4.42. The summed E-state index contributed by atoms with van der Waals surface area (Å²) in [6.07, 6.45) is 7.84. The summed E-state index contributed by atoms with van der Waals surface area (Å²) in [6, 6.07) is 8.44. The quantitative estimate of drug-likeness (QED) is 0.561. The first-order chi connectivity index (χ1) is 8.74. The second kappa shape index (κ2) is 13.4. The summed E-state index contributed by atoms with van der Waals surface area (Å²) in [7, 11) is 0. The molecule has 0 bridgehead atoms. The number of halogens is 2. The fourth-order valence-corrected chi connectivity index (χ4v) is 1.99. The number of hydrogen-bond acceptors (Lipinski definition) is 2. The van der Waals surface area contributed by atoms with Gasteiger partial charge >= 0.3 is 0 Å². The zero-order chi connectivity index (χ0) is 13.2. The van der Waals surface area contributed by atoms with Crippen molar-refractivity contribution in [2.45, 2.75) is 52.0 Å². The van der Waals surface area contributed by atoms with Crippen LogP contribution < -0.4 is 5.73 Å². The smallest absolute Gasteiger partial charge is 0.0436 e. The van der Waals surface area contributed by atoms with E-state index in [1.807, 2.05) is 6.21 Å². The van der Waals surface area contributed by atoms with Gasteiger partial charge in [0.15, 0.2) is 0 Å². The Morgan fingerprint density at radius 1 is 1.15 bits per heavy atom. The van der Waals surface area contributed by atoms with E-state index in [0.29, 0.717) is 0 Å².